The van der Waals surface area contributed by atoms with Gasteiger partial charge in [0.1, 0.15) is 11.4 Å². The lowest BCUT2D eigenvalue weighted by molar-refractivity contribution is 0.112. The lowest BCUT2D eigenvalue weighted by Gasteiger charge is -2.35. The molecule has 25 heavy (non-hydrogen) atoms. The second-order valence-corrected chi connectivity index (χ2v) is 9.51. The van der Waals surface area contributed by atoms with Crippen molar-refractivity contribution in [1.82, 2.24) is 0 Å². The van der Waals surface area contributed by atoms with Crippen molar-refractivity contribution in [2.75, 3.05) is 6.61 Å². The van der Waals surface area contributed by atoms with Crippen LogP contribution in [0.25, 0.3) is 0 Å². The normalized spacial score (nSPS) is 16.4. The SMILES string of the molecule is CCC(C)CC(CC(C)(C)C(C)CO)c1ccc(OC(C)(C)C)cc1. The Morgan fingerprint density at radius 3 is 2.00 bits per heavy atom. The summed E-state index contributed by atoms with van der Waals surface area (Å²) < 4.78 is 5.96. The van der Waals surface area contributed by atoms with E-state index in [1.54, 1.807) is 0 Å². The molecule has 3 atom stereocenters. The molecule has 2 heteroatoms. The quantitative estimate of drug-likeness (QED) is 0.557. The molecule has 0 saturated carbocycles. The largest absolute Gasteiger partial charge is 0.488 e. The highest BCUT2D eigenvalue weighted by Gasteiger charge is 2.30. The first-order valence-electron chi connectivity index (χ1n) is 9.88. The van der Waals surface area contributed by atoms with Gasteiger partial charge in [0.15, 0.2) is 0 Å². The summed E-state index contributed by atoms with van der Waals surface area (Å²) in [7, 11) is 0. The van der Waals surface area contributed by atoms with Crippen molar-refractivity contribution in [3.63, 3.8) is 0 Å². The predicted molar refractivity (Wildman–Crippen MR) is 108 cm³/mol. The maximum Gasteiger partial charge on any atom is 0.120 e. The molecule has 0 aliphatic carbocycles. The lowest BCUT2D eigenvalue weighted by Crippen LogP contribution is -2.27. The molecule has 0 radical (unpaired) electrons. The number of rotatable bonds is 9. The minimum Gasteiger partial charge on any atom is -0.488 e. The Labute approximate surface area is 156 Å². The van der Waals surface area contributed by atoms with E-state index in [-0.39, 0.29) is 17.6 Å². The number of aliphatic hydroxyl groups is 1. The summed E-state index contributed by atoms with van der Waals surface area (Å²) in [6, 6.07) is 8.67. The summed E-state index contributed by atoms with van der Waals surface area (Å²) >= 11 is 0. The molecule has 0 saturated heterocycles. The fraction of sp³-hybridized carbons (Fsp3) is 0.739. The van der Waals surface area contributed by atoms with Crippen molar-refractivity contribution in [1.29, 1.82) is 0 Å². The predicted octanol–water partition coefficient (Wildman–Crippen LogP) is 6.43. The average Bonchev–Trinajstić information content (AvgIpc) is 2.52. The van der Waals surface area contributed by atoms with Crippen LogP contribution in [0.15, 0.2) is 24.3 Å². The van der Waals surface area contributed by atoms with Gasteiger partial charge >= 0.3 is 0 Å². The van der Waals surface area contributed by atoms with Crippen LogP contribution in [0, 0.1) is 17.3 Å². The van der Waals surface area contributed by atoms with Crippen LogP contribution in [0.1, 0.15) is 86.1 Å². The third-order valence-corrected chi connectivity index (χ3v) is 5.54. The molecule has 0 heterocycles. The van der Waals surface area contributed by atoms with Crippen molar-refractivity contribution in [3.05, 3.63) is 29.8 Å². The molecule has 144 valence electrons. The topological polar surface area (TPSA) is 29.5 Å². The van der Waals surface area contributed by atoms with E-state index in [9.17, 15) is 5.11 Å². The van der Waals surface area contributed by atoms with Gasteiger partial charge in [0, 0.05) is 6.61 Å². The third-order valence-electron chi connectivity index (χ3n) is 5.54. The first kappa shape index (κ1) is 22.0. The molecule has 0 bridgehead atoms. The van der Waals surface area contributed by atoms with Gasteiger partial charge < -0.3 is 9.84 Å². The zero-order chi connectivity index (χ0) is 19.3. The molecule has 1 aromatic carbocycles. The number of aliphatic hydroxyl groups excluding tert-OH is 1. The van der Waals surface area contributed by atoms with Crippen LogP contribution >= 0.6 is 0 Å². The zero-order valence-electron chi connectivity index (χ0n) is 17.7. The Bertz CT molecular complexity index is 496. The van der Waals surface area contributed by atoms with E-state index in [0.29, 0.717) is 17.8 Å². The van der Waals surface area contributed by atoms with Crippen molar-refractivity contribution < 1.29 is 9.84 Å². The van der Waals surface area contributed by atoms with E-state index in [1.807, 2.05) is 0 Å². The first-order valence-corrected chi connectivity index (χ1v) is 9.88. The number of benzene rings is 1. The van der Waals surface area contributed by atoms with Gasteiger partial charge in [0.25, 0.3) is 0 Å². The number of hydrogen-bond acceptors (Lipinski definition) is 2. The summed E-state index contributed by atoms with van der Waals surface area (Å²) in [6.45, 7) is 17.8. The van der Waals surface area contributed by atoms with Crippen LogP contribution in [0.3, 0.4) is 0 Å². The maximum atomic E-state index is 9.61. The minimum atomic E-state index is -0.170. The molecule has 0 spiro atoms. The summed E-state index contributed by atoms with van der Waals surface area (Å²) in [5.74, 6) is 2.45. The molecule has 1 aromatic rings. The highest BCUT2D eigenvalue weighted by atomic mass is 16.5. The van der Waals surface area contributed by atoms with Gasteiger partial charge in [-0.15, -0.1) is 0 Å². The summed E-state index contributed by atoms with van der Waals surface area (Å²) in [5, 5.41) is 9.61. The minimum absolute atomic E-state index is 0.119. The molecule has 0 aliphatic rings. The fourth-order valence-corrected chi connectivity index (χ4v) is 3.23. The molecule has 0 aliphatic heterocycles. The van der Waals surface area contributed by atoms with Crippen LogP contribution in [0.4, 0.5) is 0 Å². The molecule has 3 unspecified atom stereocenters. The van der Waals surface area contributed by atoms with E-state index < -0.39 is 0 Å². The van der Waals surface area contributed by atoms with Gasteiger partial charge in [-0.2, -0.15) is 0 Å². The number of ether oxygens (including phenoxy) is 1. The van der Waals surface area contributed by atoms with Crippen LogP contribution < -0.4 is 4.74 Å². The standard InChI is InChI=1S/C23H40O2/c1-9-17(2)14-20(15-23(7,8)18(3)16-24)19-10-12-21(13-11-19)25-22(4,5)6/h10-13,17-18,20,24H,9,14-16H2,1-8H3. The Morgan fingerprint density at radius 1 is 1.00 bits per heavy atom. The molecule has 0 fully saturated rings. The van der Waals surface area contributed by atoms with Gasteiger partial charge in [-0.05, 0) is 74.5 Å². The van der Waals surface area contributed by atoms with Crippen molar-refractivity contribution >= 4 is 0 Å². The van der Waals surface area contributed by atoms with Gasteiger partial charge in [-0.25, -0.2) is 0 Å². The van der Waals surface area contributed by atoms with E-state index in [0.717, 1.165) is 12.2 Å². The van der Waals surface area contributed by atoms with Crippen LogP contribution in [0.2, 0.25) is 0 Å². The average molecular weight is 349 g/mol. The Morgan fingerprint density at radius 2 is 1.56 bits per heavy atom. The highest BCUT2D eigenvalue weighted by Crippen LogP contribution is 2.41. The van der Waals surface area contributed by atoms with Crippen molar-refractivity contribution in [2.45, 2.75) is 86.2 Å². The van der Waals surface area contributed by atoms with Crippen molar-refractivity contribution in [2.24, 2.45) is 17.3 Å². The summed E-state index contributed by atoms with van der Waals surface area (Å²) in [6.07, 6.45) is 3.49. The van der Waals surface area contributed by atoms with Crippen molar-refractivity contribution in [3.8, 4) is 5.75 Å². The third kappa shape index (κ3) is 7.40. The zero-order valence-corrected chi connectivity index (χ0v) is 17.7. The molecular weight excluding hydrogens is 308 g/mol. The van der Waals surface area contributed by atoms with E-state index >= 15 is 0 Å². The van der Waals surface area contributed by atoms with E-state index in [4.69, 9.17) is 4.74 Å². The van der Waals surface area contributed by atoms with E-state index in [1.165, 1.54) is 18.4 Å². The lowest BCUT2D eigenvalue weighted by atomic mass is 9.70. The maximum absolute atomic E-state index is 9.61. The Hall–Kier alpha value is -1.02. The highest BCUT2D eigenvalue weighted by molar-refractivity contribution is 5.30. The molecule has 0 aromatic heterocycles. The van der Waals surface area contributed by atoms with Crippen LogP contribution in [0.5, 0.6) is 5.75 Å². The van der Waals surface area contributed by atoms with E-state index in [2.05, 4.69) is 79.7 Å². The second-order valence-electron chi connectivity index (χ2n) is 9.51. The smallest absolute Gasteiger partial charge is 0.120 e. The van der Waals surface area contributed by atoms with Gasteiger partial charge in [0.2, 0.25) is 0 Å². The second kappa shape index (κ2) is 9.07. The molecular formula is C23H40O2. The summed E-state index contributed by atoms with van der Waals surface area (Å²) in [5.41, 5.74) is 1.34. The fourth-order valence-electron chi connectivity index (χ4n) is 3.23. The van der Waals surface area contributed by atoms with Crippen LogP contribution in [-0.4, -0.2) is 17.3 Å². The summed E-state index contributed by atoms with van der Waals surface area (Å²) in [4.78, 5) is 0. The molecule has 1 N–H and O–H groups in total. The Kier molecular flexibility index (Phi) is 7.99. The van der Waals surface area contributed by atoms with Crippen LogP contribution in [-0.2, 0) is 0 Å². The first-order chi connectivity index (χ1) is 11.5. The van der Waals surface area contributed by atoms with Gasteiger partial charge in [-0.3, -0.25) is 0 Å². The monoisotopic (exact) mass is 348 g/mol. The Balaban J connectivity index is 2.99. The van der Waals surface area contributed by atoms with Gasteiger partial charge in [-0.1, -0.05) is 53.2 Å². The molecule has 1 rings (SSSR count). The van der Waals surface area contributed by atoms with Gasteiger partial charge in [0.05, 0.1) is 0 Å². The molecule has 0 amide bonds. The molecule has 2 nitrogen and oxygen atoms in total. The number of hydrogen-bond donors (Lipinski definition) is 1.